The first kappa shape index (κ1) is 32.6. The van der Waals surface area contributed by atoms with Crippen molar-refractivity contribution in [3.63, 3.8) is 0 Å². The number of rotatable bonds is 9. The van der Waals surface area contributed by atoms with Gasteiger partial charge in [0.2, 0.25) is 5.95 Å². The van der Waals surface area contributed by atoms with Gasteiger partial charge in [0.05, 0.1) is 34.0 Å². The van der Waals surface area contributed by atoms with E-state index in [1.54, 1.807) is 72.8 Å². The number of imide groups is 1. The number of amides is 2. The third-order valence-corrected chi connectivity index (χ3v) is 9.36. The van der Waals surface area contributed by atoms with Crippen LogP contribution in [0.2, 0.25) is 5.02 Å². The molecule has 2 atom stereocenters. The Kier molecular flexibility index (Phi) is 8.33. The second-order valence-electron chi connectivity index (χ2n) is 13.0. The predicted octanol–water partition coefficient (Wildman–Crippen LogP) is 5.08. The van der Waals surface area contributed by atoms with E-state index in [1.165, 1.54) is 17.7 Å². The minimum Gasteiger partial charge on any atom is -0.390 e. The van der Waals surface area contributed by atoms with Gasteiger partial charge in [0.1, 0.15) is 5.02 Å². The van der Waals surface area contributed by atoms with E-state index in [4.69, 9.17) is 11.6 Å². The fraction of sp³-hybridized carbons (Fsp3) is 0.424. The minimum atomic E-state index is -3.05. The lowest BCUT2D eigenvalue weighted by molar-refractivity contribution is -0.114. The molecule has 2 N–H and O–H groups in total. The minimum absolute atomic E-state index is 0.0129. The van der Waals surface area contributed by atoms with Crippen LogP contribution < -0.4 is 15.9 Å². The van der Waals surface area contributed by atoms with Crippen LogP contribution in [0, 0.1) is 11.8 Å². The number of hydrogen-bond acceptors (Lipinski definition) is 8. The van der Waals surface area contributed by atoms with Crippen molar-refractivity contribution < 1.29 is 23.5 Å². The Hall–Kier alpha value is -4.36. The molecule has 1 fully saturated rings. The van der Waals surface area contributed by atoms with Gasteiger partial charge in [0.25, 0.3) is 17.7 Å². The van der Waals surface area contributed by atoms with Crippen molar-refractivity contribution in [3.8, 4) is 0 Å². The first-order valence-corrected chi connectivity index (χ1v) is 15.8. The van der Waals surface area contributed by atoms with E-state index < -0.39 is 35.2 Å². The highest BCUT2D eigenvalue weighted by Gasteiger charge is 2.50. The molecule has 14 heteroatoms. The maximum absolute atomic E-state index is 15.5. The molecule has 0 unspecified atom stereocenters. The summed E-state index contributed by atoms with van der Waals surface area (Å²) in [5.74, 6) is -5.77. The van der Waals surface area contributed by atoms with Gasteiger partial charge in [0, 0.05) is 50.7 Å². The third kappa shape index (κ3) is 6.09. The highest BCUT2D eigenvalue weighted by Crippen LogP contribution is 2.41. The Labute approximate surface area is 274 Å². The van der Waals surface area contributed by atoms with E-state index in [0.29, 0.717) is 29.7 Å². The fourth-order valence-electron chi connectivity index (χ4n) is 6.32. The van der Waals surface area contributed by atoms with Gasteiger partial charge < -0.3 is 15.3 Å². The zero-order valence-electron chi connectivity index (χ0n) is 26.5. The van der Waals surface area contributed by atoms with Crippen LogP contribution in [-0.4, -0.2) is 72.1 Å². The highest BCUT2D eigenvalue weighted by atomic mass is 35.5. The van der Waals surface area contributed by atoms with Gasteiger partial charge in [-0.15, -0.1) is 0 Å². The van der Waals surface area contributed by atoms with Crippen LogP contribution in [0.25, 0.3) is 11.0 Å². The topological polar surface area (TPSA) is 126 Å². The number of anilines is 3. The fourth-order valence-corrected chi connectivity index (χ4v) is 6.45. The van der Waals surface area contributed by atoms with E-state index in [-0.39, 0.29) is 59.7 Å². The number of nitrogens with zero attached hydrogens (tertiary/aromatic N) is 6. The van der Waals surface area contributed by atoms with Gasteiger partial charge in [-0.25, -0.2) is 18.6 Å². The van der Waals surface area contributed by atoms with Crippen LogP contribution >= 0.6 is 11.6 Å². The third-order valence-electron chi connectivity index (χ3n) is 9.09. The molecule has 2 aliphatic heterocycles. The summed E-state index contributed by atoms with van der Waals surface area (Å²) in [5, 5.41) is 13.6. The molecule has 2 aromatic heterocycles. The van der Waals surface area contributed by atoms with Gasteiger partial charge >= 0.3 is 5.69 Å². The molecule has 47 heavy (non-hydrogen) atoms. The van der Waals surface area contributed by atoms with Crippen molar-refractivity contribution in [3.05, 3.63) is 75.3 Å². The van der Waals surface area contributed by atoms with Crippen molar-refractivity contribution in [2.45, 2.75) is 51.7 Å². The van der Waals surface area contributed by atoms with Crippen molar-refractivity contribution in [1.29, 1.82) is 0 Å². The first-order valence-electron chi connectivity index (χ1n) is 15.4. The summed E-state index contributed by atoms with van der Waals surface area (Å²) in [6.07, 6.45) is 1.68. The number of fused-ring (bicyclic) bond motifs is 2. The van der Waals surface area contributed by atoms with E-state index in [9.17, 15) is 19.5 Å². The average molecular weight is 668 g/mol. The summed E-state index contributed by atoms with van der Waals surface area (Å²) in [6.45, 7) is 4.91. The lowest BCUT2D eigenvalue weighted by Crippen LogP contribution is -2.54. The number of aryl methyl sites for hydroxylation is 2. The number of carbonyl (C=O) groups is 2. The maximum Gasteiger partial charge on any atom is 0.328 e. The number of halogens is 3. The summed E-state index contributed by atoms with van der Waals surface area (Å²) >= 11 is 6.47. The van der Waals surface area contributed by atoms with Gasteiger partial charge in [-0.3, -0.25) is 23.6 Å². The molecule has 4 heterocycles. The van der Waals surface area contributed by atoms with Crippen LogP contribution in [0.4, 0.5) is 26.2 Å². The Balaban J connectivity index is 1.21. The number of aromatic nitrogens is 4. The highest BCUT2D eigenvalue weighted by molar-refractivity contribution is 6.33. The summed E-state index contributed by atoms with van der Waals surface area (Å²) in [7, 11) is 1.68. The van der Waals surface area contributed by atoms with Crippen molar-refractivity contribution >= 4 is 51.9 Å². The molecule has 0 bridgehead atoms. The van der Waals surface area contributed by atoms with E-state index in [2.05, 4.69) is 15.3 Å². The van der Waals surface area contributed by atoms with Crippen molar-refractivity contribution in [2.75, 3.05) is 29.9 Å². The van der Waals surface area contributed by atoms with Gasteiger partial charge in [-0.1, -0.05) is 30.7 Å². The van der Waals surface area contributed by atoms with Crippen LogP contribution in [-0.2, 0) is 13.6 Å². The molecular formula is C33H36ClF2N7O4. The lowest BCUT2D eigenvalue weighted by Gasteiger charge is -2.42. The number of nitrogens with one attached hydrogen (secondary N) is 1. The zero-order chi connectivity index (χ0) is 33.8. The average Bonchev–Trinajstić information content (AvgIpc) is 3.40. The Morgan fingerprint density at radius 1 is 1.04 bits per heavy atom. The van der Waals surface area contributed by atoms with E-state index in [1.807, 2.05) is 0 Å². The van der Waals surface area contributed by atoms with Crippen molar-refractivity contribution in [2.24, 2.45) is 18.9 Å². The van der Waals surface area contributed by atoms with Crippen LogP contribution in [0.5, 0.6) is 0 Å². The van der Waals surface area contributed by atoms with Gasteiger partial charge in [-0.2, -0.15) is 4.98 Å². The number of aliphatic hydroxyl groups is 1. The monoisotopic (exact) mass is 667 g/mol. The Morgan fingerprint density at radius 2 is 1.72 bits per heavy atom. The van der Waals surface area contributed by atoms with Gasteiger partial charge in [-0.05, 0) is 57.0 Å². The quantitative estimate of drug-likeness (QED) is 0.237. The number of imidazole rings is 1. The van der Waals surface area contributed by atoms with E-state index >= 15 is 8.78 Å². The molecule has 248 valence electrons. The molecule has 0 aliphatic carbocycles. The standard InChI is InChI=1S/C33H36ClF2N7O4/c1-19-17-41(18-20(33(19,35)36)11-13-43-28(44)22-7-5-6-8-23(22)29(43)45)30-37-16-24(34)27(39-30)38-21-9-10-25-26(15-21)42(31(46)40(25)4)14-12-32(2,3)47/h5-10,15-16,19-20,47H,11-14,17-18H2,1-4H3,(H,37,38,39)/t19-,20+/m0/s1. The molecular weight excluding hydrogens is 632 g/mol. The Bertz CT molecular complexity index is 1900. The zero-order valence-corrected chi connectivity index (χ0v) is 27.3. The number of piperidine rings is 1. The SMILES string of the molecule is C[C@H]1CN(c2ncc(Cl)c(Nc3ccc4c(c3)n(CCC(C)(C)O)c(=O)n4C)n2)C[C@@H](CCN2C(=O)c3ccccc3C2=O)C1(F)F. The Morgan fingerprint density at radius 3 is 2.38 bits per heavy atom. The predicted molar refractivity (Wildman–Crippen MR) is 175 cm³/mol. The number of hydrogen-bond donors (Lipinski definition) is 2. The largest absolute Gasteiger partial charge is 0.390 e. The molecule has 4 aromatic rings. The number of benzene rings is 2. The molecule has 0 saturated carbocycles. The molecule has 1 saturated heterocycles. The van der Waals surface area contributed by atoms with Crippen LogP contribution in [0.1, 0.15) is 54.3 Å². The molecule has 2 aromatic carbocycles. The summed E-state index contributed by atoms with van der Waals surface area (Å²) < 4.78 is 34.1. The molecule has 0 radical (unpaired) electrons. The number of carbonyl (C=O) groups excluding carboxylic acids is 2. The normalized spacial score (nSPS) is 19.5. The summed E-state index contributed by atoms with van der Waals surface area (Å²) in [4.78, 5) is 50.2. The molecule has 2 amide bonds. The number of alkyl halides is 2. The summed E-state index contributed by atoms with van der Waals surface area (Å²) in [5.41, 5.74) is 1.35. The molecule has 0 spiro atoms. The lowest BCUT2D eigenvalue weighted by atomic mass is 9.84. The molecule has 6 rings (SSSR count). The molecule has 11 nitrogen and oxygen atoms in total. The van der Waals surface area contributed by atoms with Crippen LogP contribution in [0.3, 0.4) is 0 Å². The second-order valence-corrected chi connectivity index (χ2v) is 13.4. The smallest absolute Gasteiger partial charge is 0.328 e. The second kappa shape index (κ2) is 12.0. The van der Waals surface area contributed by atoms with E-state index in [0.717, 1.165) is 4.90 Å². The van der Waals surface area contributed by atoms with Crippen LogP contribution in [0.15, 0.2) is 53.5 Å². The first-order chi connectivity index (χ1) is 22.2. The maximum atomic E-state index is 15.5. The van der Waals surface area contributed by atoms with Crippen molar-refractivity contribution in [1.82, 2.24) is 24.0 Å². The molecule has 2 aliphatic rings. The van der Waals surface area contributed by atoms with Gasteiger partial charge in [0.15, 0.2) is 5.82 Å². The summed E-state index contributed by atoms with van der Waals surface area (Å²) in [6, 6.07) is 11.8.